The van der Waals surface area contributed by atoms with E-state index in [0.29, 0.717) is 5.69 Å². The Bertz CT molecular complexity index is 758. The molecule has 0 amide bonds. The summed E-state index contributed by atoms with van der Waals surface area (Å²) in [7, 11) is -3.98. The van der Waals surface area contributed by atoms with Crippen LogP contribution in [0.4, 0.5) is 0 Å². The van der Waals surface area contributed by atoms with Gasteiger partial charge in [0.1, 0.15) is 12.4 Å². The number of carboxylic acid groups (broad SMARTS) is 1. The Hall–Kier alpha value is -2.33. The number of tetrazole rings is 1. The lowest BCUT2D eigenvalue weighted by atomic mass is 10.1. The lowest BCUT2D eigenvalue weighted by molar-refractivity contribution is -0.140. The maximum atomic E-state index is 12.3. The van der Waals surface area contributed by atoms with Crippen LogP contribution in [-0.2, 0) is 14.8 Å². The van der Waals surface area contributed by atoms with Crippen LogP contribution in [0.5, 0.6) is 0 Å². The van der Waals surface area contributed by atoms with Crippen LogP contribution in [0.15, 0.2) is 35.5 Å². The standard InChI is InChI=1S/C12H15N5O4S/c1-8(2)11(12(18)19)14-22(20,21)10-5-3-4-9(6-10)17-7-13-15-16-17/h3-8,11,14H,1-2H3,(H,18,19). The van der Waals surface area contributed by atoms with Crippen molar-refractivity contribution in [3.8, 4) is 5.69 Å². The number of hydrogen-bond acceptors (Lipinski definition) is 6. The van der Waals surface area contributed by atoms with Gasteiger partial charge in [-0.2, -0.15) is 4.72 Å². The Morgan fingerprint density at radius 1 is 1.36 bits per heavy atom. The number of nitrogens with zero attached hydrogens (tertiary/aromatic N) is 4. The maximum absolute atomic E-state index is 12.3. The summed E-state index contributed by atoms with van der Waals surface area (Å²) in [5.41, 5.74) is 0.448. The molecule has 1 heterocycles. The first-order valence-electron chi connectivity index (χ1n) is 6.40. The summed E-state index contributed by atoms with van der Waals surface area (Å²) in [5, 5.41) is 19.7. The minimum Gasteiger partial charge on any atom is -0.480 e. The molecule has 0 fully saturated rings. The number of rotatable bonds is 6. The normalized spacial score (nSPS) is 13.2. The summed E-state index contributed by atoms with van der Waals surface area (Å²) in [6, 6.07) is 4.68. The molecule has 0 bridgehead atoms. The van der Waals surface area contributed by atoms with Gasteiger partial charge in [-0.1, -0.05) is 19.9 Å². The third-order valence-corrected chi connectivity index (χ3v) is 4.40. The number of nitrogens with one attached hydrogen (secondary N) is 1. The van der Waals surface area contributed by atoms with E-state index in [1.54, 1.807) is 19.9 Å². The Labute approximate surface area is 127 Å². The lowest BCUT2D eigenvalue weighted by Crippen LogP contribution is -2.44. The molecule has 2 N–H and O–H groups in total. The largest absolute Gasteiger partial charge is 0.480 e. The highest BCUT2D eigenvalue weighted by atomic mass is 32.2. The fourth-order valence-corrected chi connectivity index (χ4v) is 3.16. The van der Waals surface area contributed by atoms with Gasteiger partial charge >= 0.3 is 5.97 Å². The average molecular weight is 325 g/mol. The summed E-state index contributed by atoms with van der Waals surface area (Å²) in [4.78, 5) is 11.1. The molecular weight excluding hydrogens is 310 g/mol. The van der Waals surface area contributed by atoms with Crippen LogP contribution in [0.3, 0.4) is 0 Å². The molecule has 1 aromatic heterocycles. The van der Waals surface area contributed by atoms with E-state index in [2.05, 4.69) is 20.2 Å². The molecule has 0 aliphatic carbocycles. The molecule has 0 radical (unpaired) electrons. The number of aromatic nitrogens is 4. The highest BCUT2D eigenvalue weighted by Gasteiger charge is 2.28. The fraction of sp³-hybridized carbons (Fsp3) is 0.333. The van der Waals surface area contributed by atoms with Crippen molar-refractivity contribution >= 4 is 16.0 Å². The maximum Gasteiger partial charge on any atom is 0.322 e. The molecule has 10 heteroatoms. The fourth-order valence-electron chi connectivity index (χ4n) is 1.78. The predicted molar refractivity (Wildman–Crippen MR) is 75.7 cm³/mol. The van der Waals surface area contributed by atoms with Crippen LogP contribution < -0.4 is 4.72 Å². The highest BCUT2D eigenvalue weighted by molar-refractivity contribution is 7.89. The van der Waals surface area contributed by atoms with Gasteiger partial charge in [-0.05, 0) is 34.5 Å². The van der Waals surface area contributed by atoms with E-state index >= 15 is 0 Å². The molecule has 0 aliphatic heterocycles. The summed E-state index contributed by atoms with van der Waals surface area (Å²) < 4.78 is 28.2. The van der Waals surface area contributed by atoms with Gasteiger partial charge in [-0.15, -0.1) is 5.10 Å². The molecular formula is C12H15N5O4S. The van der Waals surface area contributed by atoms with Crippen LogP contribution in [0.1, 0.15) is 13.8 Å². The van der Waals surface area contributed by atoms with Gasteiger partial charge in [0.05, 0.1) is 10.6 Å². The van der Waals surface area contributed by atoms with E-state index in [0.717, 1.165) is 0 Å². The highest BCUT2D eigenvalue weighted by Crippen LogP contribution is 2.15. The topological polar surface area (TPSA) is 127 Å². The van der Waals surface area contributed by atoms with E-state index in [1.807, 2.05) is 0 Å². The molecule has 0 saturated heterocycles. The second-order valence-corrected chi connectivity index (χ2v) is 6.65. The molecule has 0 spiro atoms. The van der Waals surface area contributed by atoms with Crippen molar-refractivity contribution in [2.45, 2.75) is 24.8 Å². The van der Waals surface area contributed by atoms with E-state index in [4.69, 9.17) is 5.11 Å². The van der Waals surface area contributed by atoms with Crippen LogP contribution in [0.2, 0.25) is 0 Å². The van der Waals surface area contributed by atoms with Crippen LogP contribution in [0.25, 0.3) is 5.69 Å². The second kappa shape index (κ2) is 6.20. The second-order valence-electron chi connectivity index (χ2n) is 4.93. The third kappa shape index (κ3) is 3.46. The summed E-state index contributed by atoms with van der Waals surface area (Å²) in [6.07, 6.45) is 1.33. The van der Waals surface area contributed by atoms with E-state index in [1.165, 1.54) is 29.2 Å². The summed E-state index contributed by atoms with van der Waals surface area (Å²) in [6.45, 7) is 3.25. The Morgan fingerprint density at radius 3 is 2.64 bits per heavy atom. The number of benzene rings is 1. The number of carboxylic acids is 1. The molecule has 0 aliphatic rings. The Morgan fingerprint density at radius 2 is 2.09 bits per heavy atom. The monoisotopic (exact) mass is 325 g/mol. The number of hydrogen-bond donors (Lipinski definition) is 2. The zero-order valence-electron chi connectivity index (χ0n) is 11.9. The summed E-state index contributed by atoms with van der Waals surface area (Å²) >= 11 is 0. The first-order chi connectivity index (χ1) is 10.3. The molecule has 1 unspecified atom stereocenters. The third-order valence-electron chi connectivity index (χ3n) is 2.96. The van der Waals surface area contributed by atoms with Gasteiger partial charge in [-0.25, -0.2) is 13.1 Å². The SMILES string of the molecule is CC(C)C(NS(=O)(=O)c1cccc(-n2cnnn2)c1)C(=O)O. The van der Waals surface area contributed by atoms with Crippen molar-refractivity contribution in [3.05, 3.63) is 30.6 Å². The van der Waals surface area contributed by atoms with Gasteiger partial charge in [-0.3, -0.25) is 4.79 Å². The van der Waals surface area contributed by atoms with Gasteiger partial charge in [0.2, 0.25) is 10.0 Å². The predicted octanol–water partition coefficient (Wildman–Crippen LogP) is 0.0498. The average Bonchev–Trinajstić information content (AvgIpc) is 2.98. The smallest absolute Gasteiger partial charge is 0.322 e. The van der Waals surface area contributed by atoms with Crippen LogP contribution >= 0.6 is 0 Å². The Balaban J connectivity index is 2.34. The number of carbonyl (C=O) groups is 1. The Kier molecular flexibility index (Phi) is 4.52. The molecule has 1 atom stereocenters. The van der Waals surface area contributed by atoms with Crippen molar-refractivity contribution in [1.29, 1.82) is 0 Å². The van der Waals surface area contributed by atoms with E-state index < -0.39 is 28.0 Å². The van der Waals surface area contributed by atoms with Crippen molar-refractivity contribution in [3.63, 3.8) is 0 Å². The first-order valence-corrected chi connectivity index (χ1v) is 7.88. The lowest BCUT2D eigenvalue weighted by Gasteiger charge is -2.18. The van der Waals surface area contributed by atoms with Crippen molar-refractivity contribution in [1.82, 2.24) is 24.9 Å². The van der Waals surface area contributed by atoms with Gasteiger partial charge in [0, 0.05) is 0 Å². The molecule has 2 rings (SSSR count). The molecule has 2 aromatic rings. The van der Waals surface area contributed by atoms with Crippen LogP contribution in [-0.4, -0.2) is 45.7 Å². The first kappa shape index (κ1) is 16.0. The molecule has 1 aromatic carbocycles. The van der Waals surface area contributed by atoms with Crippen molar-refractivity contribution < 1.29 is 18.3 Å². The molecule has 0 saturated carbocycles. The minimum absolute atomic E-state index is 0.0626. The quantitative estimate of drug-likeness (QED) is 0.768. The summed E-state index contributed by atoms with van der Waals surface area (Å²) in [5.74, 6) is -1.62. The molecule has 9 nitrogen and oxygen atoms in total. The number of aliphatic carboxylic acids is 1. The van der Waals surface area contributed by atoms with E-state index in [9.17, 15) is 13.2 Å². The van der Waals surface area contributed by atoms with Gasteiger partial charge < -0.3 is 5.11 Å². The van der Waals surface area contributed by atoms with Gasteiger partial charge in [0.15, 0.2) is 0 Å². The minimum atomic E-state index is -3.98. The van der Waals surface area contributed by atoms with Crippen molar-refractivity contribution in [2.75, 3.05) is 0 Å². The zero-order valence-corrected chi connectivity index (χ0v) is 12.7. The van der Waals surface area contributed by atoms with Crippen LogP contribution in [0, 0.1) is 5.92 Å². The van der Waals surface area contributed by atoms with Crippen molar-refractivity contribution in [2.24, 2.45) is 5.92 Å². The molecule has 118 valence electrons. The van der Waals surface area contributed by atoms with E-state index in [-0.39, 0.29) is 4.90 Å². The molecule has 22 heavy (non-hydrogen) atoms. The zero-order chi connectivity index (χ0) is 16.3. The number of sulfonamides is 1. The van der Waals surface area contributed by atoms with Gasteiger partial charge in [0.25, 0.3) is 0 Å².